The van der Waals surface area contributed by atoms with Gasteiger partial charge in [0.25, 0.3) is 0 Å². The number of carbonyl (C=O) groups excluding carboxylic acids is 1. The van der Waals surface area contributed by atoms with Gasteiger partial charge in [-0.3, -0.25) is 4.79 Å². The van der Waals surface area contributed by atoms with Gasteiger partial charge in [-0.2, -0.15) is 0 Å². The van der Waals surface area contributed by atoms with Crippen LogP contribution < -0.4 is 9.47 Å². The molecule has 1 aromatic heterocycles. The molecule has 0 radical (unpaired) electrons. The monoisotopic (exact) mass is 574 g/mol. The van der Waals surface area contributed by atoms with E-state index in [4.69, 9.17) is 49.0 Å². The van der Waals surface area contributed by atoms with Crippen LogP contribution in [-0.2, 0) is 25.9 Å². The van der Waals surface area contributed by atoms with Crippen LogP contribution in [-0.4, -0.2) is 49.1 Å². The first-order valence-corrected chi connectivity index (χ1v) is 13.7. The van der Waals surface area contributed by atoms with E-state index >= 15 is 0 Å². The normalized spacial score (nSPS) is 13.1. The molecule has 0 saturated carbocycles. The van der Waals surface area contributed by atoms with Crippen molar-refractivity contribution in [1.29, 1.82) is 0 Å². The summed E-state index contributed by atoms with van der Waals surface area (Å²) in [5.74, 6) is 0.334. The summed E-state index contributed by atoms with van der Waals surface area (Å²) in [4.78, 5) is 15.1. The molecule has 0 fully saturated rings. The summed E-state index contributed by atoms with van der Waals surface area (Å²) in [6, 6.07) is 8.38. The third-order valence-electron chi connectivity index (χ3n) is 4.96. The Morgan fingerprint density at radius 2 is 1.61 bits per heavy atom. The number of hydrogen-bond acceptors (Lipinski definition) is 7. The van der Waals surface area contributed by atoms with Crippen LogP contribution in [0.3, 0.4) is 0 Å². The number of esters is 1. The predicted molar refractivity (Wildman–Crippen MR) is 137 cm³/mol. The number of benzene rings is 2. The molecule has 2 atom stereocenters. The molecule has 194 valence electrons. The van der Waals surface area contributed by atoms with E-state index in [2.05, 4.69) is 4.98 Å². The maximum Gasteiger partial charge on any atom is 0.303 e. The second-order valence-electron chi connectivity index (χ2n) is 8.06. The average Bonchev–Trinajstić information content (AvgIpc) is 3.34. The van der Waals surface area contributed by atoms with Crippen molar-refractivity contribution in [3.05, 3.63) is 65.2 Å². The van der Waals surface area contributed by atoms with Crippen LogP contribution in [0.1, 0.15) is 13.8 Å². The fourth-order valence-electron chi connectivity index (χ4n) is 3.23. The van der Waals surface area contributed by atoms with Crippen LogP contribution >= 0.6 is 34.8 Å². The number of imidazole rings is 1. The molecule has 0 N–H and O–H groups in total. The first-order chi connectivity index (χ1) is 17.1. The van der Waals surface area contributed by atoms with Gasteiger partial charge < -0.3 is 18.8 Å². The lowest BCUT2D eigenvalue weighted by Crippen LogP contribution is -2.25. The zero-order chi connectivity index (χ0) is 26.3. The van der Waals surface area contributed by atoms with E-state index in [0.29, 0.717) is 12.4 Å². The summed E-state index contributed by atoms with van der Waals surface area (Å²) in [7, 11) is -3.92. The van der Waals surface area contributed by atoms with Crippen LogP contribution in [0.25, 0.3) is 0 Å². The minimum absolute atomic E-state index is 0.00638. The van der Waals surface area contributed by atoms with Crippen molar-refractivity contribution >= 4 is 50.6 Å². The Labute approximate surface area is 225 Å². The molecule has 1 heterocycles. The third kappa shape index (κ3) is 7.52. The van der Waals surface area contributed by atoms with E-state index < -0.39 is 21.9 Å². The number of ether oxygens (including phenoxy) is 3. The summed E-state index contributed by atoms with van der Waals surface area (Å²) in [5, 5.41) is 0.250. The van der Waals surface area contributed by atoms with Gasteiger partial charge in [-0.1, -0.05) is 30.1 Å². The van der Waals surface area contributed by atoms with Gasteiger partial charge in [0.2, 0.25) is 9.84 Å². The quantitative estimate of drug-likeness (QED) is 0.214. The summed E-state index contributed by atoms with van der Waals surface area (Å²) in [6.45, 7) is 4.37. The van der Waals surface area contributed by atoms with Gasteiger partial charge in [0.05, 0.1) is 38.7 Å². The molecule has 0 saturated heterocycles. The van der Waals surface area contributed by atoms with Gasteiger partial charge in [-0.25, -0.2) is 13.4 Å². The molecule has 8 nitrogen and oxygen atoms in total. The molecule has 12 heteroatoms. The van der Waals surface area contributed by atoms with E-state index in [0.717, 1.165) is 6.54 Å². The molecule has 0 spiro atoms. The van der Waals surface area contributed by atoms with Crippen LogP contribution in [0.4, 0.5) is 0 Å². The zero-order valence-corrected chi connectivity index (χ0v) is 22.6. The molecule has 0 bridgehead atoms. The highest BCUT2D eigenvalue weighted by atomic mass is 35.5. The van der Waals surface area contributed by atoms with Gasteiger partial charge in [0.1, 0.15) is 24.2 Å². The Hall–Kier alpha value is -2.46. The first-order valence-electron chi connectivity index (χ1n) is 10.9. The average molecular weight is 576 g/mol. The Balaban J connectivity index is 1.67. The minimum atomic E-state index is -3.92. The van der Waals surface area contributed by atoms with E-state index in [9.17, 15) is 13.2 Å². The van der Waals surface area contributed by atoms with Crippen molar-refractivity contribution in [2.24, 2.45) is 5.92 Å². The smallest absolute Gasteiger partial charge is 0.303 e. The van der Waals surface area contributed by atoms with E-state index in [-0.39, 0.29) is 44.0 Å². The van der Waals surface area contributed by atoms with E-state index in [1.165, 1.54) is 43.3 Å². The number of halogens is 3. The van der Waals surface area contributed by atoms with Crippen LogP contribution in [0.15, 0.2) is 64.9 Å². The number of carbonyl (C=O) groups is 1. The molecule has 0 aliphatic heterocycles. The molecule has 3 rings (SSSR count). The lowest BCUT2D eigenvalue weighted by atomic mass is 10.2. The highest BCUT2D eigenvalue weighted by molar-refractivity contribution is 7.91. The predicted octanol–water partition coefficient (Wildman–Crippen LogP) is 5.29. The van der Waals surface area contributed by atoms with Gasteiger partial charge in [-0.05, 0) is 36.4 Å². The van der Waals surface area contributed by atoms with Crippen molar-refractivity contribution in [3.63, 3.8) is 0 Å². The van der Waals surface area contributed by atoms with Crippen LogP contribution in [0.2, 0.25) is 10.0 Å². The van der Waals surface area contributed by atoms with Gasteiger partial charge in [0, 0.05) is 31.8 Å². The standard InChI is InChI=1S/C24H25Cl3N2O6S/c1-16(12-29-8-7-28-15-29)13-33-23-5-3-19(9-21(23)26)36(31,32)20-4-6-24(22(27)10-20)34-14-18(11-25)35-17(2)30/h3-10,15-16,18H,11-14H2,1-2H3/t16-,18-/m0/s1. The maximum atomic E-state index is 13.2. The van der Waals surface area contributed by atoms with Crippen molar-refractivity contribution in [3.8, 4) is 11.5 Å². The summed E-state index contributed by atoms with van der Waals surface area (Å²) >= 11 is 18.3. The molecule has 0 amide bonds. The lowest BCUT2D eigenvalue weighted by Gasteiger charge is -2.16. The second kappa shape index (κ2) is 12.7. The molecule has 0 aliphatic rings. The SMILES string of the molecule is CC(=O)O[C@@H](CCl)COc1ccc(S(=O)(=O)c2ccc(OC[C@@H](C)Cn3ccnc3)c(Cl)c2)cc1Cl. The molecule has 3 aromatic rings. The minimum Gasteiger partial charge on any atom is -0.492 e. The lowest BCUT2D eigenvalue weighted by molar-refractivity contribution is -0.146. The van der Waals surface area contributed by atoms with Gasteiger partial charge in [-0.15, -0.1) is 11.6 Å². The van der Waals surface area contributed by atoms with Gasteiger partial charge in [0.15, 0.2) is 0 Å². The Bertz CT molecular complexity index is 1290. The number of hydrogen-bond donors (Lipinski definition) is 0. The number of aromatic nitrogens is 2. The number of sulfone groups is 1. The molecular weight excluding hydrogens is 551 g/mol. The fourth-order valence-corrected chi connectivity index (χ4v) is 5.30. The molecule has 36 heavy (non-hydrogen) atoms. The molecule has 0 aliphatic carbocycles. The summed E-state index contributed by atoms with van der Waals surface area (Å²) in [5.41, 5.74) is 0. The maximum absolute atomic E-state index is 13.2. The summed E-state index contributed by atoms with van der Waals surface area (Å²) in [6.07, 6.45) is 4.64. The second-order valence-corrected chi connectivity index (χ2v) is 11.1. The Kier molecular flexibility index (Phi) is 9.90. The largest absolute Gasteiger partial charge is 0.492 e. The zero-order valence-electron chi connectivity index (χ0n) is 19.6. The molecule has 0 unspecified atom stereocenters. The Morgan fingerprint density at radius 3 is 2.08 bits per heavy atom. The molecule has 2 aromatic carbocycles. The first kappa shape index (κ1) is 28.1. The van der Waals surface area contributed by atoms with E-state index in [1.54, 1.807) is 12.5 Å². The van der Waals surface area contributed by atoms with Crippen LogP contribution in [0, 0.1) is 5.92 Å². The van der Waals surface area contributed by atoms with Crippen molar-refractivity contribution < 1.29 is 27.4 Å². The number of alkyl halides is 1. The van der Waals surface area contributed by atoms with Crippen molar-refractivity contribution in [2.45, 2.75) is 36.3 Å². The molecular formula is C24H25Cl3N2O6S. The Morgan fingerprint density at radius 1 is 1.03 bits per heavy atom. The van der Waals surface area contributed by atoms with Crippen LogP contribution in [0.5, 0.6) is 11.5 Å². The van der Waals surface area contributed by atoms with Crippen molar-refractivity contribution in [1.82, 2.24) is 9.55 Å². The topological polar surface area (TPSA) is 96.7 Å². The number of nitrogens with zero attached hydrogens (tertiary/aromatic N) is 2. The van der Waals surface area contributed by atoms with Crippen molar-refractivity contribution in [2.75, 3.05) is 19.1 Å². The third-order valence-corrected chi connectivity index (χ3v) is 7.65. The highest BCUT2D eigenvalue weighted by Crippen LogP contribution is 2.33. The number of rotatable bonds is 12. The van der Waals surface area contributed by atoms with Gasteiger partial charge >= 0.3 is 5.97 Å². The highest BCUT2D eigenvalue weighted by Gasteiger charge is 2.21. The fraction of sp³-hybridized carbons (Fsp3) is 0.333. The summed E-state index contributed by atoms with van der Waals surface area (Å²) < 4.78 is 44.6. The van der Waals surface area contributed by atoms with E-state index in [1.807, 2.05) is 17.7 Å².